The van der Waals surface area contributed by atoms with Crippen LogP contribution in [0, 0.1) is 11.7 Å². The number of ether oxygens (including phenoxy) is 1. The van der Waals surface area contributed by atoms with Gasteiger partial charge >= 0.3 is 0 Å². The standard InChI is InChI=1S/C13H17FN2O2.ClH/c1-16(13(17)10-8-15-9-10)6-7-18-12-4-2-11(14)3-5-12;/h2-5,10,15H,6-9H2,1H3;1H. The van der Waals surface area contributed by atoms with E-state index in [-0.39, 0.29) is 30.0 Å². The lowest BCUT2D eigenvalue weighted by Gasteiger charge is -2.30. The minimum absolute atomic E-state index is 0. The fraction of sp³-hybridized carbons (Fsp3) is 0.462. The first kappa shape index (κ1) is 15.7. The third kappa shape index (κ3) is 4.36. The molecule has 1 aromatic rings. The monoisotopic (exact) mass is 288 g/mol. The van der Waals surface area contributed by atoms with Crippen molar-refractivity contribution in [3.63, 3.8) is 0 Å². The molecule has 2 rings (SSSR count). The first-order valence-electron chi connectivity index (χ1n) is 6.01. The average molecular weight is 289 g/mol. The molecule has 0 saturated carbocycles. The number of benzene rings is 1. The van der Waals surface area contributed by atoms with Crippen molar-refractivity contribution in [2.75, 3.05) is 33.3 Å². The Morgan fingerprint density at radius 3 is 2.58 bits per heavy atom. The topological polar surface area (TPSA) is 41.6 Å². The number of nitrogens with one attached hydrogen (secondary N) is 1. The number of nitrogens with zero attached hydrogens (tertiary/aromatic N) is 1. The van der Waals surface area contributed by atoms with Crippen molar-refractivity contribution in [1.29, 1.82) is 0 Å². The number of hydrogen-bond donors (Lipinski definition) is 1. The van der Waals surface area contributed by atoms with Crippen LogP contribution in [0.25, 0.3) is 0 Å². The van der Waals surface area contributed by atoms with Gasteiger partial charge in [-0.05, 0) is 24.3 Å². The maximum absolute atomic E-state index is 12.7. The molecule has 1 aliphatic heterocycles. The van der Waals surface area contributed by atoms with Gasteiger partial charge in [-0.1, -0.05) is 0 Å². The molecule has 0 atom stereocenters. The molecular weight excluding hydrogens is 271 g/mol. The molecule has 4 nitrogen and oxygen atoms in total. The van der Waals surface area contributed by atoms with E-state index in [1.807, 2.05) is 0 Å². The second kappa shape index (κ2) is 7.31. The molecule has 1 heterocycles. The summed E-state index contributed by atoms with van der Waals surface area (Å²) in [5.41, 5.74) is 0. The summed E-state index contributed by atoms with van der Waals surface area (Å²) in [4.78, 5) is 13.5. The Morgan fingerprint density at radius 1 is 1.42 bits per heavy atom. The molecule has 0 bridgehead atoms. The van der Waals surface area contributed by atoms with E-state index < -0.39 is 0 Å². The van der Waals surface area contributed by atoms with Crippen molar-refractivity contribution in [3.8, 4) is 5.75 Å². The number of hydrogen-bond acceptors (Lipinski definition) is 3. The Balaban J connectivity index is 0.00000180. The number of carbonyl (C=O) groups is 1. The normalized spacial score (nSPS) is 14.2. The van der Waals surface area contributed by atoms with Crippen molar-refractivity contribution < 1.29 is 13.9 Å². The van der Waals surface area contributed by atoms with Crippen LogP contribution in [0.4, 0.5) is 4.39 Å². The van der Waals surface area contributed by atoms with E-state index >= 15 is 0 Å². The minimum Gasteiger partial charge on any atom is -0.492 e. The Labute approximate surface area is 118 Å². The molecule has 106 valence electrons. The van der Waals surface area contributed by atoms with Crippen LogP contribution < -0.4 is 10.1 Å². The van der Waals surface area contributed by atoms with Crippen LogP contribution in [0.2, 0.25) is 0 Å². The number of amides is 1. The minimum atomic E-state index is -0.285. The summed E-state index contributed by atoms with van der Waals surface area (Å²) in [7, 11) is 1.77. The molecule has 1 fully saturated rings. The van der Waals surface area contributed by atoms with Crippen LogP contribution in [0.1, 0.15) is 0 Å². The molecule has 0 spiro atoms. The van der Waals surface area contributed by atoms with E-state index in [2.05, 4.69) is 5.32 Å². The van der Waals surface area contributed by atoms with Gasteiger partial charge in [0.1, 0.15) is 18.2 Å². The van der Waals surface area contributed by atoms with Gasteiger partial charge in [-0.3, -0.25) is 4.79 Å². The van der Waals surface area contributed by atoms with Crippen molar-refractivity contribution in [2.45, 2.75) is 0 Å². The van der Waals surface area contributed by atoms with Gasteiger partial charge in [-0.2, -0.15) is 0 Å². The van der Waals surface area contributed by atoms with Crippen LogP contribution in [0.3, 0.4) is 0 Å². The molecule has 0 aromatic heterocycles. The highest BCUT2D eigenvalue weighted by Gasteiger charge is 2.27. The van der Waals surface area contributed by atoms with Gasteiger partial charge in [-0.25, -0.2) is 4.39 Å². The Kier molecular flexibility index (Phi) is 6.05. The highest BCUT2D eigenvalue weighted by molar-refractivity contribution is 5.85. The first-order chi connectivity index (χ1) is 8.66. The maximum Gasteiger partial charge on any atom is 0.228 e. The van der Waals surface area contributed by atoms with Crippen LogP contribution in [-0.4, -0.2) is 44.1 Å². The van der Waals surface area contributed by atoms with Gasteiger partial charge in [0.05, 0.1) is 12.5 Å². The second-order valence-electron chi connectivity index (χ2n) is 4.42. The number of likely N-dealkylation sites (N-methyl/N-ethyl adjacent to an activating group) is 1. The van der Waals surface area contributed by atoms with Gasteiger partial charge in [0.2, 0.25) is 5.91 Å². The molecule has 1 aromatic carbocycles. The lowest BCUT2D eigenvalue weighted by molar-refractivity contribution is -0.136. The van der Waals surface area contributed by atoms with E-state index in [1.165, 1.54) is 12.1 Å². The summed E-state index contributed by atoms with van der Waals surface area (Å²) in [6, 6.07) is 5.86. The molecule has 0 unspecified atom stereocenters. The number of halogens is 2. The highest BCUT2D eigenvalue weighted by atomic mass is 35.5. The molecular formula is C13H18ClFN2O2. The third-order valence-corrected chi connectivity index (χ3v) is 3.02. The SMILES string of the molecule is CN(CCOc1ccc(F)cc1)C(=O)C1CNC1.Cl. The molecule has 0 radical (unpaired) electrons. The lowest BCUT2D eigenvalue weighted by Crippen LogP contribution is -2.51. The third-order valence-electron chi connectivity index (χ3n) is 3.02. The highest BCUT2D eigenvalue weighted by Crippen LogP contribution is 2.11. The van der Waals surface area contributed by atoms with Gasteiger partial charge in [0, 0.05) is 20.1 Å². The fourth-order valence-corrected chi connectivity index (χ4v) is 1.72. The predicted molar refractivity (Wildman–Crippen MR) is 73.1 cm³/mol. The van der Waals surface area contributed by atoms with Gasteiger partial charge in [0.15, 0.2) is 0 Å². The Bertz CT molecular complexity index is 410. The first-order valence-corrected chi connectivity index (χ1v) is 6.01. The zero-order valence-corrected chi connectivity index (χ0v) is 11.6. The quantitative estimate of drug-likeness (QED) is 0.888. The zero-order valence-electron chi connectivity index (χ0n) is 10.8. The largest absolute Gasteiger partial charge is 0.492 e. The van der Waals surface area contributed by atoms with Crippen molar-refractivity contribution in [2.24, 2.45) is 5.92 Å². The van der Waals surface area contributed by atoms with E-state index in [1.54, 1.807) is 24.1 Å². The van der Waals surface area contributed by atoms with Crippen LogP contribution in [0.5, 0.6) is 5.75 Å². The summed E-state index contributed by atoms with van der Waals surface area (Å²) in [6.07, 6.45) is 0. The fourth-order valence-electron chi connectivity index (χ4n) is 1.72. The van der Waals surface area contributed by atoms with E-state index in [4.69, 9.17) is 4.74 Å². The molecule has 1 saturated heterocycles. The summed E-state index contributed by atoms with van der Waals surface area (Å²) in [6.45, 7) is 2.48. The summed E-state index contributed by atoms with van der Waals surface area (Å²) >= 11 is 0. The summed E-state index contributed by atoms with van der Waals surface area (Å²) in [5.74, 6) is 0.590. The van der Waals surface area contributed by atoms with Crippen molar-refractivity contribution >= 4 is 18.3 Å². The summed E-state index contributed by atoms with van der Waals surface area (Å²) in [5, 5.41) is 3.07. The van der Waals surface area contributed by atoms with Crippen LogP contribution in [-0.2, 0) is 4.79 Å². The molecule has 19 heavy (non-hydrogen) atoms. The maximum atomic E-state index is 12.7. The van der Waals surface area contributed by atoms with Gasteiger partial charge in [0.25, 0.3) is 0 Å². The number of carbonyl (C=O) groups excluding carboxylic acids is 1. The Hall–Kier alpha value is -1.33. The van der Waals surface area contributed by atoms with Gasteiger partial charge in [-0.15, -0.1) is 12.4 Å². The molecule has 6 heteroatoms. The molecule has 1 amide bonds. The summed E-state index contributed by atoms with van der Waals surface area (Å²) < 4.78 is 18.1. The lowest BCUT2D eigenvalue weighted by atomic mass is 10.0. The molecule has 1 N–H and O–H groups in total. The van der Waals surface area contributed by atoms with Crippen molar-refractivity contribution in [3.05, 3.63) is 30.1 Å². The van der Waals surface area contributed by atoms with Crippen LogP contribution >= 0.6 is 12.4 Å². The predicted octanol–water partition coefficient (Wildman–Crippen LogP) is 1.30. The second-order valence-corrected chi connectivity index (χ2v) is 4.42. The molecule has 0 aliphatic carbocycles. The van der Waals surface area contributed by atoms with E-state index in [0.717, 1.165) is 13.1 Å². The zero-order chi connectivity index (χ0) is 13.0. The molecule has 1 aliphatic rings. The van der Waals surface area contributed by atoms with Gasteiger partial charge < -0.3 is 15.0 Å². The van der Waals surface area contributed by atoms with Crippen molar-refractivity contribution in [1.82, 2.24) is 10.2 Å². The van der Waals surface area contributed by atoms with E-state index in [9.17, 15) is 9.18 Å². The van der Waals surface area contributed by atoms with Crippen LogP contribution in [0.15, 0.2) is 24.3 Å². The van der Waals surface area contributed by atoms with E-state index in [0.29, 0.717) is 18.9 Å². The average Bonchev–Trinajstić information content (AvgIpc) is 2.29. The number of rotatable bonds is 5. The smallest absolute Gasteiger partial charge is 0.228 e. The Morgan fingerprint density at radius 2 is 2.05 bits per heavy atom.